The summed E-state index contributed by atoms with van der Waals surface area (Å²) in [6.07, 6.45) is 1.98. The van der Waals surface area contributed by atoms with E-state index in [2.05, 4.69) is 11.8 Å². The fourth-order valence-corrected chi connectivity index (χ4v) is 4.37. The van der Waals surface area contributed by atoms with Crippen molar-refractivity contribution in [3.8, 4) is 0 Å². The van der Waals surface area contributed by atoms with Gasteiger partial charge in [-0.3, -0.25) is 14.7 Å². The SMILES string of the molecule is CCN1CCc2nc3ccccc3c(C(=O)N(C)CC3(O)CCOCC3)c2C1. The summed E-state index contributed by atoms with van der Waals surface area (Å²) >= 11 is 0. The first-order valence-corrected chi connectivity index (χ1v) is 10.2. The molecule has 0 bridgehead atoms. The number of benzene rings is 1. The first-order chi connectivity index (χ1) is 13.5. The molecule has 2 aliphatic rings. The zero-order chi connectivity index (χ0) is 19.7. The molecule has 6 nitrogen and oxygen atoms in total. The van der Waals surface area contributed by atoms with Crippen LogP contribution in [0.2, 0.25) is 0 Å². The predicted octanol–water partition coefficient (Wildman–Crippen LogP) is 2.23. The molecular formula is C22H29N3O3. The van der Waals surface area contributed by atoms with Crippen LogP contribution in [0.15, 0.2) is 24.3 Å². The molecule has 1 N–H and O–H groups in total. The highest BCUT2D eigenvalue weighted by atomic mass is 16.5. The predicted molar refractivity (Wildman–Crippen MR) is 108 cm³/mol. The lowest BCUT2D eigenvalue weighted by molar-refractivity contribution is -0.0734. The first-order valence-electron chi connectivity index (χ1n) is 10.2. The van der Waals surface area contributed by atoms with E-state index >= 15 is 0 Å². The van der Waals surface area contributed by atoms with Gasteiger partial charge in [-0.15, -0.1) is 0 Å². The minimum atomic E-state index is -0.874. The number of pyridine rings is 1. The van der Waals surface area contributed by atoms with Crippen molar-refractivity contribution >= 4 is 16.8 Å². The van der Waals surface area contributed by atoms with Crippen LogP contribution in [0, 0.1) is 0 Å². The average Bonchev–Trinajstić information content (AvgIpc) is 2.71. The largest absolute Gasteiger partial charge is 0.388 e. The van der Waals surface area contributed by atoms with E-state index in [1.165, 1.54) is 0 Å². The summed E-state index contributed by atoms with van der Waals surface area (Å²) < 4.78 is 5.37. The Hall–Kier alpha value is -2.02. The number of likely N-dealkylation sites (N-methyl/N-ethyl adjacent to an activating group) is 2. The van der Waals surface area contributed by atoms with Crippen molar-refractivity contribution in [1.29, 1.82) is 0 Å². The van der Waals surface area contributed by atoms with Crippen LogP contribution >= 0.6 is 0 Å². The summed E-state index contributed by atoms with van der Waals surface area (Å²) in [6, 6.07) is 7.88. The van der Waals surface area contributed by atoms with Crippen LogP contribution in [0.1, 0.15) is 41.4 Å². The van der Waals surface area contributed by atoms with E-state index in [0.717, 1.165) is 53.8 Å². The molecule has 1 saturated heterocycles. The van der Waals surface area contributed by atoms with Crippen molar-refractivity contribution in [3.05, 3.63) is 41.1 Å². The summed E-state index contributed by atoms with van der Waals surface area (Å²) in [5, 5.41) is 11.8. The van der Waals surface area contributed by atoms with Crippen molar-refractivity contribution in [2.24, 2.45) is 0 Å². The van der Waals surface area contributed by atoms with E-state index in [4.69, 9.17) is 9.72 Å². The van der Waals surface area contributed by atoms with E-state index in [0.29, 0.717) is 32.6 Å². The van der Waals surface area contributed by atoms with Crippen LogP contribution in [-0.2, 0) is 17.7 Å². The lowest BCUT2D eigenvalue weighted by Gasteiger charge is -2.36. The minimum absolute atomic E-state index is 0.0345. The molecule has 6 heteroatoms. The van der Waals surface area contributed by atoms with E-state index in [1.54, 1.807) is 11.9 Å². The number of aromatic nitrogens is 1. The van der Waals surface area contributed by atoms with Crippen molar-refractivity contribution in [2.75, 3.05) is 39.9 Å². The molecule has 2 aliphatic heterocycles. The normalized spacial score (nSPS) is 19.4. The zero-order valence-electron chi connectivity index (χ0n) is 16.8. The van der Waals surface area contributed by atoms with E-state index in [-0.39, 0.29) is 5.91 Å². The molecule has 0 aliphatic carbocycles. The maximum atomic E-state index is 13.6. The summed E-state index contributed by atoms with van der Waals surface area (Å²) in [5.41, 5.74) is 2.82. The van der Waals surface area contributed by atoms with Gasteiger partial charge in [0.05, 0.1) is 16.7 Å². The standard InChI is InChI=1S/C22H29N3O3/c1-3-25-11-8-19-17(14-25)20(16-6-4-5-7-18(16)23-19)21(26)24(2)15-22(27)9-12-28-13-10-22/h4-7,27H,3,8-15H2,1-2H3. The monoisotopic (exact) mass is 383 g/mol. The molecule has 0 radical (unpaired) electrons. The maximum absolute atomic E-state index is 13.6. The van der Waals surface area contributed by atoms with Gasteiger partial charge in [-0.25, -0.2) is 0 Å². The Morgan fingerprint density at radius 1 is 1.32 bits per heavy atom. The second kappa shape index (κ2) is 7.78. The molecule has 4 rings (SSSR count). The highest BCUT2D eigenvalue weighted by molar-refractivity contribution is 6.07. The average molecular weight is 383 g/mol. The Bertz CT molecular complexity index is 877. The number of aliphatic hydroxyl groups is 1. The molecule has 2 aromatic rings. The molecular weight excluding hydrogens is 354 g/mol. The van der Waals surface area contributed by atoms with Crippen molar-refractivity contribution in [1.82, 2.24) is 14.8 Å². The molecule has 1 aromatic carbocycles. The molecule has 1 amide bonds. The molecule has 1 fully saturated rings. The zero-order valence-corrected chi connectivity index (χ0v) is 16.8. The number of rotatable bonds is 4. The third kappa shape index (κ3) is 3.64. The molecule has 0 atom stereocenters. The molecule has 150 valence electrons. The van der Waals surface area contributed by atoms with Gasteiger partial charge < -0.3 is 14.7 Å². The van der Waals surface area contributed by atoms with Crippen LogP contribution < -0.4 is 0 Å². The summed E-state index contributed by atoms with van der Waals surface area (Å²) in [7, 11) is 1.79. The maximum Gasteiger partial charge on any atom is 0.254 e. The third-order valence-electron chi connectivity index (χ3n) is 6.09. The van der Waals surface area contributed by atoms with Gasteiger partial charge >= 0.3 is 0 Å². The number of hydrogen-bond acceptors (Lipinski definition) is 5. The highest BCUT2D eigenvalue weighted by Gasteiger charge is 2.34. The molecule has 0 spiro atoms. The van der Waals surface area contributed by atoms with Gasteiger partial charge in [-0.05, 0) is 12.6 Å². The summed E-state index contributed by atoms with van der Waals surface area (Å²) in [4.78, 5) is 22.5. The Kier molecular flexibility index (Phi) is 5.36. The molecule has 0 saturated carbocycles. The number of hydrogen-bond donors (Lipinski definition) is 1. The number of carbonyl (C=O) groups excluding carboxylic acids is 1. The van der Waals surface area contributed by atoms with Crippen LogP contribution in [-0.4, -0.2) is 71.3 Å². The van der Waals surface area contributed by atoms with Crippen molar-refractivity contribution in [3.63, 3.8) is 0 Å². The fourth-order valence-electron chi connectivity index (χ4n) is 4.37. The Morgan fingerprint density at radius 3 is 2.82 bits per heavy atom. The van der Waals surface area contributed by atoms with E-state index in [1.807, 2.05) is 24.3 Å². The number of para-hydroxylation sites is 1. The third-order valence-corrected chi connectivity index (χ3v) is 6.09. The highest BCUT2D eigenvalue weighted by Crippen LogP contribution is 2.30. The van der Waals surface area contributed by atoms with Crippen molar-refractivity contribution < 1.29 is 14.6 Å². The molecule has 1 aromatic heterocycles. The fraction of sp³-hybridized carbons (Fsp3) is 0.545. The summed E-state index contributed by atoms with van der Waals surface area (Å²) in [5.74, 6) is -0.0345. The summed E-state index contributed by atoms with van der Waals surface area (Å²) in [6.45, 7) is 6.21. The first kappa shape index (κ1) is 19.3. The molecule has 28 heavy (non-hydrogen) atoms. The van der Waals surface area contributed by atoms with Crippen molar-refractivity contribution in [2.45, 2.75) is 38.3 Å². The number of amides is 1. The van der Waals surface area contributed by atoms with Gasteiger partial charge in [0.25, 0.3) is 5.91 Å². The Labute approximate surface area is 166 Å². The van der Waals surface area contributed by atoms with Gasteiger partial charge in [-0.1, -0.05) is 25.1 Å². The Morgan fingerprint density at radius 2 is 2.07 bits per heavy atom. The van der Waals surface area contributed by atoms with Crippen LogP contribution in [0.5, 0.6) is 0 Å². The van der Waals surface area contributed by atoms with Crippen LogP contribution in [0.25, 0.3) is 10.9 Å². The van der Waals surface area contributed by atoms with Crippen LogP contribution in [0.3, 0.4) is 0 Å². The van der Waals surface area contributed by atoms with Gasteiger partial charge in [0, 0.05) is 75.8 Å². The minimum Gasteiger partial charge on any atom is -0.388 e. The second-order valence-corrected chi connectivity index (χ2v) is 8.05. The van der Waals surface area contributed by atoms with E-state index in [9.17, 15) is 9.90 Å². The number of ether oxygens (including phenoxy) is 1. The smallest absolute Gasteiger partial charge is 0.254 e. The van der Waals surface area contributed by atoms with E-state index < -0.39 is 5.60 Å². The lowest BCUT2D eigenvalue weighted by atomic mass is 9.92. The number of nitrogens with zero attached hydrogens (tertiary/aromatic N) is 3. The number of carbonyl (C=O) groups is 1. The lowest BCUT2D eigenvalue weighted by Crippen LogP contribution is -2.47. The Balaban J connectivity index is 1.72. The van der Waals surface area contributed by atoms with Gasteiger partial charge in [0.2, 0.25) is 0 Å². The quantitative estimate of drug-likeness (QED) is 0.877. The second-order valence-electron chi connectivity index (χ2n) is 8.05. The number of fused-ring (bicyclic) bond motifs is 2. The van der Waals surface area contributed by atoms with Crippen LogP contribution in [0.4, 0.5) is 0 Å². The van der Waals surface area contributed by atoms with Gasteiger partial charge in [0.1, 0.15) is 0 Å². The molecule has 0 unspecified atom stereocenters. The topological polar surface area (TPSA) is 65.9 Å². The van der Waals surface area contributed by atoms with Gasteiger partial charge in [-0.2, -0.15) is 0 Å². The molecule has 3 heterocycles. The van der Waals surface area contributed by atoms with Gasteiger partial charge in [0.15, 0.2) is 0 Å².